The zero-order valence-corrected chi connectivity index (χ0v) is 19.3. The van der Waals surface area contributed by atoms with Crippen molar-refractivity contribution >= 4 is 27.7 Å². The molecule has 2 aromatic carbocycles. The first kappa shape index (κ1) is 21.7. The number of carbonyl (C=O) groups is 1. The quantitative estimate of drug-likeness (QED) is 0.365. The summed E-state index contributed by atoms with van der Waals surface area (Å²) >= 11 is 0. The van der Waals surface area contributed by atoms with Gasteiger partial charge in [0.2, 0.25) is 0 Å². The normalized spacial score (nSPS) is 11.4. The van der Waals surface area contributed by atoms with Crippen LogP contribution in [0.4, 0.5) is 0 Å². The zero-order chi connectivity index (χ0) is 23.7. The summed E-state index contributed by atoms with van der Waals surface area (Å²) in [5.74, 6) is 0.944. The third-order valence-corrected chi connectivity index (χ3v) is 6.29. The van der Waals surface area contributed by atoms with E-state index >= 15 is 0 Å². The SMILES string of the molecule is COc1ccc2[nH]cc(CCCc3nc(Cc4cccc5c4ccn5C)cc(C(N)=O)n3)c2c1. The summed E-state index contributed by atoms with van der Waals surface area (Å²) in [7, 11) is 3.70. The first-order valence-electron chi connectivity index (χ1n) is 11.4. The van der Waals surface area contributed by atoms with Crippen LogP contribution in [0.3, 0.4) is 0 Å². The van der Waals surface area contributed by atoms with Crippen LogP contribution in [-0.2, 0) is 26.3 Å². The fourth-order valence-corrected chi connectivity index (χ4v) is 4.52. The lowest BCUT2D eigenvalue weighted by Gasteiger charge is -2.08. The Hall–Kier alpha value is -4.13. The van der Waals surface area contributed by atoms with Crippen molar-refractivity contribution in [2.45, 2.75) is 25.7 Å². The number of aryl methyl sites for hydroxylation is 3. The molecule has 0 radical (unpaired) electrons. The van der Waals surface area contributed by atoms with E-state index in [0.717, 1.165) is 46.3 Å². The summed E-state index contributed by atoms with van der Waals surface area (Å²) in [6.07, 6.45) is 7.06. The Morgan fingerprint density at radius 2 is 1.94 bits per heavy atom. The summed E-state index contributed by atoms with van der Waals surface area (Å²) in [6.45, 7) is 0. The number of nitrogens with two attached hydrogens (primary N) is 1. The van der Waals surface area contributed by atoms with Crippen molar-refractivity contribution in [3.8, 4) is 5.75 Å². The molecule has 0 spiro atoms. The average Bonchev–Trinajstić information content (AvgIpc) is 3.42. The maximum Gasteiger partial charge on any atom is 0.267 e. The highest BCUT2D eigenvalue weighted by Gasteiger charge is 2.12. The molecular weight excluding hydrogens is 426 g/mol. The molecule has 0 atom stereocenters. The van der Waals surface area contributed by atoms with Crippen molar-refractivity contribution in [1.29, 1.82) is 0 Å². The number of H-pyrrole nitrogens is 1. The Morgan fingerprint density at radius 3 is 2.76 bits per heavy atom. The molecule has 7 heteroatoms. The topological polar surface area (TPSA) is 98.8 Å². The van der Waals surface area contributed by atoms with Gasteiger partial charge in [-0.3, -0.25) is 4.79 Å². The van der Waals surface area contributed by atoms with Gasteiger partial charge in [-0.1, -0.05) is 12.1 Å². The van der Waals surface area contributed by atoms with Crippen molar-refractivity contribution in [1.82, 2.24) is 19.5 Å². The Balaban J connectivity index is 1.36. The van der Waals surface area contributed by atoms with Gasteiger partial charge in [0.1, 0.15) is 17.3 Å². The van der Waals surface area contributed by atoms with Crippen LogP contribution < -0.4 is 10.5 Å². The van der Waals surface area contributed by atoms with Crippen molar-refractivity contribution in [3.05, 3.63) is 89.3 Å². The molecule has 3 N–H and O–H groups in total. The standard InChI is InChI=1S/C27H27N5O2/c1-32-12-11-21-17(5-3-7-25(21)32)13-19-14-24(27(28)33)31-26(30-19)8-4-6-18-16-29-23-10-9-20(34-2)15-22(18)23/h3,5,7,9-12,14-16,29H,4,6,8,13H2,1-2H3,(H2,28,33). The van der Waals surface area contributed by atoms with Gasteiger partial charge in [0.05, 0.1) is 7.11 Å². The second-order valence-electron chi connectivity index (χ2n) is 8.56. The van der Waals surface area contributed by atoms with Crippen LogP contribution in [0.25, 0.3) is 21.8 Å². The number of hydrogen-bond donors (Lipinski definition) is 2. The number of benzene rings is 2. The smallest absolute Gasteiger partial charge is 0.267 e. The number of aromatic nitrogens is 4. The second kappa shape index (κ2) is 9.02. The maximum atomic E-state index is 12.0. The summed E-state index contributed by atoms with van der Waals surface area (Å²) in [4.78, 5) is 24.5. The van der Waals surface area contributed by atoms with Crippen molar-refractivity contribution in [3.63, 3.8) is 0 Å². The van der Waals surface area contributed by atoms with Crippen LogP contribution in [0.2, 0.25) is 0 Å². The number of ether oxygens (including phenoxy) is 1. The molecule has 34 heavy (non-hydrogen) atoms. The van der Waals surface area contributed by atoms with E-state index in [0.29, 0.717) is 18.7 Å². The van der Waals surface area contributed by atoms with E-state index in [1.54, 1.807) is 13.2 Å². The second-order valence-corrected chi connectivity index (χ2v) is 8.56. The molecule has 5 aromatic rings. The molecule has 1 amide bonds. The maximum absolute atomic E-state index is 12.0. The summed E-state index contributed by atoms with van der Waals surface area (Å²) in [5.41, 5.74) is 11.3. The molecule has 5 rings (SSSR count). The highest BCUT2D eigenvalue weighted by Crippen LogP contribution is 2.25. The molecule has 7 nitrogen and oxygen atoms in total. The van der Waals surface area contributed by atoms with Gasteiger partial charge in [-0.05, 0) is 60.4 Å². The predicted molar refractivity (Wildman–Crippen MR) is 133 cm³/mol. The molecule has 172 valence electrons. The van der Waals surface area contributed by atoms with Crippen molar-refractivity contribution in [2.24, 2.45) is 12.8 Å². The van der Waals surface area contributed by atoms with Crippen molar-refractivity contribution in [2.75, 3.05) is 7.11 Å². The highest BCUT2D eigenvalue weighted by atomic mass is 16.5. The predicted octanol–water partition coefficient (Wildman–Crippen LogP) is 4.32. The first-order chi connectivity index (χ1) is 16.5. The van der Waals surface area contributed by atoms with Gasteiger partial charge in [-0.25, -0.2) is 9.97 Å². The highest BCUT2D eigenvalue weighted by molar-refractivity contribution is 5.91. The van der Waals surface area contributed by atoms with Gasteiger partial charge in [0, 0.05) is 59.8 Å². The monoisotopic (exact) mass is 453 g/mol. The zero-order valence-electron chi connectivity index (χ0n) is 19.3. The largest absolute Gasteiger partial charge is 0.497 e. The minimum atomic E-state index is -0.536. The number of amides is 1. The van der Waals surface area contributed by atoms with Crippen LogP contribution in [0.15, 0.2) is 60.9 Å². The van der Waals surface area contributed by atoms with Crippen LogP contribution in [0.1, 0.15) is 39.6 Å². The van der Waals surface area contributed by atoms with E-state index in [4.69, 9.17) is 15.5 Å². The van der Waals surface area contributed by atoms with Gasteiger partial charge in [-0.15, -0.1) is 0 Å². The molecule has 0 aliphatic carbocycles. The van der Waals surface area contributed by atoms with E-state index in [-0.39, 0.29) is 5.69 Å². The molecule has 3 heterocycles. The number of nitrogens with one attached hydrogen (secondary N) is 1. The van der Waals surface area contributed by atoms with Crippen LogP contribution in [0, 0.1) is 0 Å². The van der Waals surface area contributed by atoms with Gasteiger partial charge >= 0.3 is 0 Å². The van der Waals surface area contributed by atoms with E-state index in [9.17, 15) is 4.79 Å². The minimum Gasteiger partial charge on any atom is -0.497 e. The van der Waals surface area contributed by atoms with Crippen LogP contribution >= 0.6 is 0 Å². The Kier molecular flexibility index (Phi) is 5.76. The van der Waals surface area contributed by atoms with E-state index < -0.39 is 5.91 Å². The molecule has 0 saturated heterocycles. The first-order valence-corrected chi connectivity index (χ1v) is 11.4. The molecule has 0 fully saturated rings. The molecule has 0 unspecified atom stereocenters. The van der Waals surface area contributed by atoms with E-state index in [2.05, 4.69) is 38.9 Å². The summed E-state index contributed by atoms with van der Waals surface area (Å²) in [6, 6.07) is 16.1. The Labute approximate surface area is 197 Å². The third kappa shape index (κ3) is 4.24. The van der Waals surface area contributed by atoms with E-state index in [1.165, 1.54) is 10.9 Å². The Morgan fingerprint density at radius 1 is 1.06 bits per heavy atom. The van der Waals surface area contributed by atoms with Crippen molar-refractivity contribution < 1.29 is 9.53 Å². The number of methoxy groups -OCH3 is 1. The lowest BCUT2D eigenvalue weighted by molar-refractivity contribution is 0.0995. The molecule has 3 aromatic heterocycles. The third-order valence-electron chi connectivity index (χ3n) is 6.29. The molecular formula is C27H27N5O2. The molecule has 0 aliphatic rings. The Bertz CT molecular complexity index is 1500. The fourth-order valence-electron chi connectivity index (χ4n) is 4.52. The van der Waals surface area contributed by atoms with E-state index in [1.807, 2.05) is 37.5 Å². The fraction of sp³-hybridized carbons (Fsp3) is 0.222. The summed E-state index contributed by atoms with van der Waals surface area (Å²) in [5, 5.41) is 2.34. The average molecular weight is 454 g/mol. The van der Waals surface area contributed by atoms with Crippen LogP contribution in [-0.4, -0.2) is 32.5 Å². The van der Waals surface area contributed by atoms with Gasteiger partial charge in [0.15, 0.2) is 0 Å². The molecule has 0 bridgehead atoms. The number of carbonyl (C=O) groups excluding carboxylic acids is 1. The summed E-state index contributed by atoms with van der Waals surface area (Å²) < 4.78 is 7.46. The number of rotatable bonds is 8. The number of primary amides is 1. The lowest BCUT2D eigenvalue weighted by atomic mass is 10.0. The van der Waals surface area contributed by atoms with Gasteiger partial charge in [-0.2, -0.15) is 0 Å². The molecule has 0 saturated carbocycles. The van der Waals surface area contributed by atoms with Gasteiger partial charge in [0.25, 0.3) is 5.91 Å². The number of aromatic amines is 1. The van der Waals surface area contributed by atoms with Gasteiger partial charge < -0.3 is 20.0 Å². The number of hydrogen-bond acceptors (Lipinski definition) is 4. The minimum absolute atomic E-state index is 0.261. The lowest BCUT2D eigenvalue weighted by Crippen LogP contribution is -2.16. The molecule has 0 aliphatic heterocycles. The number of fused-ring (bicyclic) bond motifs is 2. The van der Waals surface area contributed by atoms with Crippen LogP contribution in [0.5, 0.6) is 5.75 Å². The number of nitrogens with zero attached hydrogens (tertiary/aromatic N) is 3.